The van der Waals surface area contributed by atoms with Crippen LogP contribution in [0, 0.1) is 0 Å². The van der Waals surface area contributed by atoms with Gasteiger partial charge in [-0.15, -0.1) is 0 Å². The standard InChI is InChI=1S/C33H32N4O3/c38-33(39)25-10-15-31-30(21-25)35-32(37(31)27-4-2-1-3-5-27)24-9-14-29-23(20-24)8-13-28(34-29)22-6-11-26(12-7-22)36-16-18-40-19-17-36/h6-15,20-21,27H,1-5,16-19H2,(H,38,39). The maximum atomic E-state index is 11.6. The van der Waals surface area contributed by atoms with E-state index in [1.807, 2.05) is 6.07 Å². The lowest BCUT2D eigenvalue weighted by atomic mass is 9.94. The highest BCUT2D eigenvalue weighted by Crippen LogP contribution is 2.37. The van der Waals surface area contributed by atoms with E-state index < -0.39 is 5.97 Å². The number of aromatic nitrogens is 3. The van der Waals surface area contributed by atoms with Crippen LogP contribution in [0.2, 0.25) is 0 Å². The lowest BCUT2D eigenvalue weighted by molar-refractivity contribution is 0.0697. The van der Waals surface area contributed by atoms with Gasteiger partial charge in [0.05, 0.1) is 41.0 Å². The van der Waals surface area contributed by atoms with E-state index in [2.05, 4.69) is 64.1 Å². The van der Waals surface area contributed by atoms with Crippen molar-refractivity contribution in [2.75, 3.05) is 31.2 Å². The van der Waals surface area contributed by atoms with Crippen molar-refractivity contribution in [1.82, 2.24) is 14.5 Å². The molecule has 202 valence electrons. The molecule has 2 aliphatic rings. The predicted molar refractivity (Wildman–Crippen MR) is 158 cm³/mol. The van der Waals surface area contributed by atoms with Gasteiger partial charge >= 0.3 is 5.97 Å². The average molecular weight is 533 g/mol. The Hall–Kier alpha value is -4.23. The van der Waals surface area contributed by atoms with Gasteiger partial charge in [0.2, 0.25) is 0 Å². The molecule has 2 aromatic heterocycles. The number of pyridine rings is 1. The maximum Gasteiger partial charge on any atom is 0.335 e. The van der Waals surface area contributed by atoms with Crippen LogP contribution in [0.25, 0.3) is 44.6 Å². The van der Waals surface area contributed by atoms with E-state index in [9.17, 15) is 9.90 Å². The summed E-state index contributed by atoms with van der Waals surface area (Å²) in [5.74, 6) is -0.0342. The summed E-state index contributed by atoms with van der Waals surface area (Å²) in [6.07, 6.45) is 5.90. The molecule has 0 atom stereocenters. The summed E-state index contributed by atoms with van der Waals surface area (Å²) in [5.41, 5.74) is 7.22. The molecule has 3 heterocycles. The van der Waals surface area contributed by atoms with Gasteiger partial charge < -0.3 is 19.3 Å². The van der Waals surface area contributed by atoms with Gasteiger partial charge in [-0.05, 0) is 67.4 Å². The van der Waals surface area contributed by atoms with E-state index >= 15 is 0 Å². The smallest absolute Gasteiger partial charge is 0.335 e. The molecule has 1 aliphatic carbocycles. The number of morpholine rings is 1. The Bertz CT molecular complexity index is 1700. The first kappa shape index (κ1) is 24.8. The number of imidazole rings is 1. The number of fused-ring (bicyclic) bond motifs is 2. The Morgan fingerprint density at radius 1 is 0.800 bits per heavy atom. The third-order valence-corrected chi connectivity index (χ3v) is 8.36. The minimum absolute atomic E-state index is 0.264. The van der Waals surface area contributed by atoms with Crippen LogP contribution in [0.15, 0.2) is 72.8 Å². The van der Waals surface area contributed by atoms with E-state index in [1.54, 1.807) is 12.1 Å². The lowest BCUT2D eigenvalue weighted by Gasteiger charge is -2.28. The first-order chi connectivity index (χ1) is 19.6. The SMILES string of the molecule is O=C(O)c1ccc2c(c1)nc(-c1ccc3nc(-c4ccc(N5CCOCC5)cc4)ccc3c1)n2C1CCCCC1. The highest BCUT2D eigenvalue weighted by atomic mass is 16.5. The molecule has 0 radical (unpaired) electrons. The van der Waals surface area contributed by atoms with Gasteiger partial charge in [0.1, 0.15) is 5.82 Å². The van der Waals surface area contributed by atoms with E-state index in [0.717, 1.165) is 83.7 Å². The summed E-state index contributed by atoms with van der Waals surface area (Å²) < 4.78 is 7.83. The zero-order valence-corrected chi connectivity index (χ0v) is 22.4. The van der Waals surface area contributed by atoms with Crippen LogP contribution in [0.4, 0.5) is 5.69 Å². The van der Waals surface area contributed by atoms with Crippen molar-refractivity contribution in [2.45, 2.75) is 38.1 Å². The van der Waals surface area contributed by atoms with Crippen molar-refractivity contribution in [1.29, 1.82) is 0 Å². The van der Waals surface area contributed by atoms with E-state index in [1.165, 1.54) is 24.9 Å². The van der Waals surface area contributed by atoms with Gasteiger partial charge in [-0.25, -0.2) is 14.8 Å². The second kappa shape index (κ2) is 10.4. The van der Waals surface area contributed by atoms with E-state index in [4.69, 9.17) is 14.7 Å². The largest absolute Gasteiger partial charge is 0.478 e. The fourth-order valence-corrected chi connectivity index (χ4v) is 6.23. The van der Waals surface area contributed by atoms with Crippen LogP contribution in [0.3, 0.4) is 0 Å². The molecule has 7 heteroatoms. The number of ether oxygens (including phenoxy) is 1. The highest BCUT2D eigenvalue weighted by molar-refractivity contribution is 5.94. The number of nitrogens with zero attached hydrogens (tertiary/aromatic N) is 4. The highest BCUT2D eigenvalue weighted by Gasteiger charge is 2.23. The molecule has 7 rings (SSSR count). The molecule has 1 saturated heterocycles. The number of carboxylic acid groups (broad SMARTS) is 1. The fraction of sp³-hybridized carbons (Fsp3) is 0.303. The second-order valence-corrected chi connectivity index (χ2v) is 10.9. The number of benzene rings is 3. The van der Waals surface area contributed by atoms with Crippen molar-refractivity contribution < 1.29 is 14.6 Å². The third kappa shape index (κ3) is 4.60. The van der Waals surface area contributed by atoms with Gasteiger partial charge in [-0.2, -0.15) is 0 Å². The molecule has 0 amide bonds. The number of hydrogen-bond donors (Lipinski definition) is 1. The minimum Gasteiger partial charge on any atom is -0.478 e. The summed E-state index contributed by atoms with van der Waals surface area (Å²) in [6.45, 7) is 3.39. The molecular formula is C33H32N4O3. The number of hydrogen-bond acceptors (Lipinski definition) is 5. The van der Waals surface area contributed by atoms with Gasteiger partial charge in [0, 0.05) is 41.3 Å². The van der Waals surface area contributed by atoms with Gasteiger partial charge in [0.15, 0.2) is 0 Å². The molecule has 1 saturated carbocycles. The summed E-state index contributed by atoms with van der Waals surface area (Å²) in [4.78, 5) is 23.9. The van der Waals surface area contributed by atoms with Crippen molar-refractivity contribution in [2.24, 2.45) is 0 Å². The predicted octanol–water partition coefficient (Wildman–Crippen LogP) is 6.96. The van der Waals surface area contributed by atoms with Crippen LogP contribution >= 0.6 is 0 Å². The Labute approximate surface area is 233 Å². The van der Waals surface area contributed by atoms with Crippen LogP contribution in [0.5, 0.6) is 0 Å². The maximum absolute atomic E-state index is 11.6. The molecule has 0 bridgehead atoms. The van der Waals surface area contributed by atoms with Crippen molar-refractivity contribution in [3.05, 3.63) is 78.4 Å². The van der Waals surface area contributed by atoms with E-state index in [-0.39, 0.29) is 5.56 Å². The first-order valence-electron chi connectivity index (χ1n) is 14.2. The molecule has 40 heavy (non-hydrogen) atoms. The van der Waals surface area contributed by atoms with Gasteiger partial charge in [-0.3, -0.25) is 0 Å². The number of carbonyl (C=O) groups is 1. The molecular weight excluding hydrogens is 500 g/mol. The summed E-state index contributed by atoms with van der Waals surface area (Å²) in [5, 5.41) is 10.6. The van der Waals surface area contributed by atoms with Gasteiger partial charge in [0.25, 0.3) is 0 Å². The van der Waals surface area contributed by atoms with Crippen LogP contribution in [-0.4, -0.2) is 51.9 Å². The van der Waals surface area contributed by atoms with Gasteiger partial charge in [-0.1, -0.05) is 37.5 Å². The topological polar surface area (TPSA) is 80.5 Å². The van der Waals surface area contributed by atoms with Crippen LogP contribution in [0.1, 0.15) is 48.5 Å². The summed E-state index contributed by atoms with van der Waals surface area (Å²) >= 11 is 0. The number of anilines is 1. The quantitative estimate of drug-likeness (QED) is 0.264. The minimum atomic E-state index is -0.931. The summed E-state index contributed by atoms with van der Waals surface area (Å²) in [6, 6.07) is 24.8. The van der Waals surface area contributed by atoms with Crippen molar-refractivity contribution in [3.8, 4) is 22.6 Å². The first-order valence-corrected chi connectivity index (χ1v) is 14.2. The lowest BCUT2D eigenvalue weighted by Crippen LogP contribution is -2.36. The molecule has 1 N–H and O–H groups in total. The molecule has 0 unspecified atom stereocenters. The molecule has 3 aromatic carbocycles. The zero-order chi connectivity index (χ0) is 27.1. The molecule has 7 nitrogen and oxygen atoms in total. The monoisotopic (exact) mass is 532 g/mol. The molecule has 0 spiro atoms. The second-order valence-electron chi connectivity index (χ2n) is 10.9. The van der Waals surface area contributed by atoms with E-state index in [0.29, 0.717) is 6.04 Å². The average Bonchev–Trinajstić information content (AvgIpc) is 3.40. The van der Waals surface area contributed by atoms with Crippen LogP contribution in [-0.2, 0) is 4.74 Å². The number of carboxylic acids is 1. The fourth-order valence-electron chi connectivity index (χ4n) is 6.23. The molecule has 1 aliphatic heterocycles. The Kier molecular flexibility index (Phi) is 6.44. The Morgan fingerprint density at radius 3 is 2.35 bits per heavy atom. The third-order valence-electron chi connectivity index (χ3n) is 8.36. The van der Waals surface area contributed by atoms with Crippen molar-refractivity contribution >= 4 is 33.6 Å². The number of aromatic carboxylic acids is 1. The Balaban J connectivity index is 1.24. The normalized spacial score (nSPS) is 16.6. The zero-order valence-electron chi connectivity index (χ0n) is 22.4. The summed E-state index contributed by atoms with van der Waals surface area (Å²) in [7, 11) is 0. The van der Waals surface area contributed by atoms with Crippen LogP contribution < -0.4 is 4.90 Å². The molecule has 5 aromatic rings. The number of rotatable bonds is 5. The Morgan fingerprint density at radius 2 is 1.57 bits per heavy atom. The molecule has 2 fully saturated rings. The van der Waals surface area contributed by atoms with Crippen molar-refractivity contribution in [3.63, 3.8) is 0 Å².